The predicted octanol–water partition coefficient (Wildman–Crippen LogP) is 2.17. The number of aryl methyl sites for hydroxylation is 2. The fraction of sp³-hybridized carbons (Fsp3) is 0.565. The van der Waals surface area contributed by atoms with Gasteiger partial charge in [-0.05, 0) is 38.5 Å². The molecule has 10 heteroatoms. The van der Waals surface area contributed by atoms with E-state index < -0.39 is 0 Å². The molecule has 0 saturated carbocycles. The van der Waals surface area contributed by atoms with Crippen LogP contribution >= 0.6 is 11.6 Å². The van der Waals surface area contributed by atoms with Gasteiger partial charge in [-0.15, -0.1) is 0 Å². The van der Waals surface area contributed by atoms with Crippen molar-refractivity contribution in [3.05, 3.63) is 49.9 Å². The van der Waals surface area contributed by atoms with Gasteiger partial charge in [0.2, 0.25) is 0 Å². The number of carbonyl (C=O) groups is 1. The molecule has 2 N–H and O–H groups in total. The molecule has 9 nitrogen and oxygen atoms in total. The van der Waals surface area contributed by atoms with Crippen molar-refractivity contribution in [2.75, 3.05) is 45.0 Å². The summed E-state index contributed by atoms with van der Waals surface area (Å²) in [5, 5.41) is 6.26. The Bertz CT molecular complexity index is 1030. The molecule has 2 atom stereocenters. The average Bonchev–Trinajstić information content (AvgIpc) is 3.33. The zero-order valence-corrected chi connectivity index (χ0v) is 20.6. The minimum Gasteiger partial charge on any atom is -0.382 e. The summed E-state index contributed by atoms with van der Waals surface area (Å²) in [7, 11) is 3.29. The molecule has 2 aromatic rings. The number of nitrogens with zero attached hydrogens (tertiary/aromatic N) is 2. The van der Waals surface area contributed by atoms with E-state index in [9.17, 15) is 9.59 Å². The Morgan fingerprint density at radius 1 is 1.33 bits per heavy atom. The lowest BCUT2D eigenvalue weighted by molar-refractivity contribution is 0.00728. The summed E-state index contributed by atoms with van der Waals surface area (Å²) >= 11 is 6.44. The lowest BCUT2D eigenvalue weighted by Gasteiger charge is -2.34. The van der Waals surface area contributed by atoms with Crippen LogP contribution in [0.1, 0.15) is 34.1 Å². The number of amides is 1. The Kier molecular flexibility index (Phi) is 8.58. The van der Waals surface area contributed by atoms with E-state index in [0.29, 0.717) is 49.1 Å². The molecule has 0 aliphatic carbocycles. The maximum absolute atomic E-state index is 13.1. The van der Waals surface area contributed by atoms with Crippen LogP contribution in [0, 0.1) is 13.8 Å². The van der Waals surface area contributed by atoms with E-state index in [2.05, 4.69) is 22.2 Å². The summed E-state index contributed by atoms with van der Waals surface area (Å²) in [5.41, 5.74) is 3.23. The molecule has 1 aliphatic rings. The van der Waals surface area contributed by atoms with Crippen LogP contribution in [0.2, 0.25) is 5.02 Å². The van der Waals surface area contributed by atoms with Crippen molar-refractivity contribution >= 4 is 23.2 Å². The maximum atomic E-state index is 13.1. The molecular formula is C23H33ClN4O5. The number of aromatic amines is 1. The highest BCUT2D eigenvalue weighted by Gasteiger charge is 2.34. The first-order valence-corrected chi connectivity index (χ1v) is 11.4. The van der Waals surface area contributed by atoms with Gasteiger partial charge in [0.15, 0.2) is 0 Å². The first-order valence-electron chi connectivity index (χ1n) is 11.1. The van der Waals surface area contributed by atoms with Crippen LogP contribution in [0.25, 0.3) is 0 Å². The lowest BCUT2D eigenvalue weighted by atomic mass is 10.0. The second-order valence-corrected chi connectivity index (χ2v) is 8.59. The zero-order chi connectivity index (χ0) is 24.1. The van der Waals surface area contributed by atoms with Crippen molar-refractivity contribution in [1.29, 1.82) is 0 Å². The third-order valence-corrected chi connectivity index (χ3v) is 6.25. The summed E-state index contributed by atoms with van der Waals surface area (Å²) < 4.78 is 18.2. The smallest absolute Gasteiger partial charge is 0.271 e. The summed E-state index contributed by atoms with van der Waals surface area (Å²) in [6.07, 6.45) is -0.108. The van der Waals surface area contributed by atoms with Gasteiger partial charge >= 0.3 is 0 Å². The largest absolute Gasteiger partial charge is 0.382 e. The molecule has 1 saturated heterocycles. The van der Waals surface area contributed by atoms with Crippen molar-refractivity contribution in [3.63, 3.8) is 0 Å². The molecule has 1 amide bonds. The van der Waals surface area contributed by atoms with E-state index in [1.165, 1.54) is 4.68 Å². The van der Waals surface area contributed by atoms with Gasteiger partial charge in [-0.2, -0.15) is 0 Å². The molecule has 0 bridgehead atoms. The molecule has 182 valence electrons. The molecule has 1 aromatic carbocycles. The maximum Gasteiger partial charge on any atom is 0.271 e. The highest BCUT2D eigenvalue weighted by molar-refractivity contribution is 6.31. The average molecular weight is 481 g/mol. The summed E-state index contributed by atoms with van der Waals surface area (Å²) in [4.78, 5) is 27.5. The van der Waals surface area contributed by atoms with Gasteiger partial charge in [0, 0.05) is 42.7 Å². The minimum atomic E-state index is -0.287. The van der Waals surface area contributed by atoms with Crippen LogP contribution < -0.4 is 15.8 Å². The molecule has 0 spiro atoms. The molecular weight excluding hydrogens is 448 g/mol. The topological polar surface area (TPSA) is 97.8 Å². The van der Waals surface area contributed by atoms with Crippen LogP contribution in [0.5, 0.6) is 0 Å². The van der Waals surface area contributed by atoms with Crippen molar-refractivity contribution in [1.82, 2.24) is 15.1 Å². The second-order valence-electron chi connectivity index (χ2n) is 8.15. The van der Waals surface area contributed by atoms with Gasteiger partial charge < -0.3 is 24.4 Å². The number of aromatic nitrogens is 2. The Hall–Kier alpha value is -2.33. The molecule has 1 aromatic heterocycles. The number of likely N-dealkylation sites (N-methyl/N-ethyl adjacent to an activating group) is 1. The van der Waals surface area contributed by atoms with E-state index in [1.54, 1.807) is 27.1 Å². The van der Waals surface area contributed by atoms with Gasteiger partial charge in [0.25, 0.3) is 11.5 Å². The van der Waals surface area contributed by atoms with E-state index >= 15 is 0 Å². The third kappa shape index (κ3) is 5.60. The zero-order valence-electron chi connectivity index (χ0n) is 19.9. The van der Waals surface area contributed by atoms with Crippen molar-refractivity contribution < 1.29 is 19.0 Å². The van der Waals surface area contributed by atoms with Crippen LogP contribution in [-0.4, -0.2) is 67.9 Å². The predicted molar refractivity (Wildman–Crippen MR) is 127 cm³/mol. The van der Waals surface area contributed by atoms with E-state index in [0.717, 1.165) is 16.9 Å². The molecule has 2 heterocycles. The number of hydrogen-bond donors (Lipinski definition) is 2. The highest BCUT2D eigenvalue weighted by Crippen LogP contribution is 2.32. The minimum absolute atomic E-state index is 0.00883. The summed E-state index contributed by atoms with van der Waals surface area (Å²) in [5.74, 6) is -0.287. The second kappa shape index (κ2) is 11.2. The van der Waals surface area contributed by atoms with Crippen LogP contribution in [0.3, 0.4) is 0 Å². The number of anilines is 1. The van der Waals surface area contributed by atoms with Gasteiger partial charge in [0.1, 0.15) is 6.10 Å². The van der Waals surface area contributed by atoms with E-state index in [4.69, 9.17) is 25.8 Å². The Labute approximate surface area is 198 Å². The first kappa shape index (κ1) is 25.3. The molecule has 0 radical (unpaired) electrons. The number of H-pyrrole nitrogens is 1. The van der Waals surface area contributed by atoms with Crippen molar-refractivity contribution in [2.45, 2.75) is 39.5 Å². The van der Waals surface area contributed by atoms with Crippen LogP contribution in [0.15, 0.2) is 16.9 Å². The highest BCUT2D eigenvalue weighted by atomic mass is 35.5. The Morgan fingerprint density at radius 2 is 2.09 bits per heavy atom. The number of ether oxygens (including phenoxy) is 3. The summed E-state index contributed by atoms with van der Waals surface area (Å²) in [6, 6.07) is 3.52. The Balaban J connectivity index is 1.83. The number of nitrogens with one attached hydrogen (secondary N) is 2. The number of methoxy groups -OCH3 is 1. The quantitative estimate of drug-likeness (QED) is 0.506. The van der Waals surface area contributed by atoms with Crippen LogP contribution in [0.4, 0.5) is 5.69 Å². The lowest BCUT2D eigenvalue weighted by Crippen LogP contribution is -2.45. The molecule has 1 fully saturated rings. The third-order valence-electron chi connectivity index (χ3n) is 6.04. The monoisotopic (exact) mass is 480 g/mol. The van der Waals surface area contributed by atoms with Crippen molar-refractivity contribution in [3.8, 4) is 0 Å². The van der Waals surface area contributed by atoms with Gasteiger partial charge in [-0.1, -0.05) is 11.6 Å². The molecule has 1 aliphatic heterocycles. The fourth-order valence-electron chi connectivity index (χ4n) is 4.24. The van der Waals surface area contributed by atoms with Gasteiger partial charge in [-0.25, -0.2) is 0 Å². The summed E-state index contributed by atoms with van der Waals surface area (Å²) in [6.45, 7) is 8.61. The van der Waals surface area contributed by atoms with E-state index in [1.807, 2.05) is 13.0 Å². The molecule has 3 rings (SSSR count). The van der Waals surface area contributed by atoms with Crippen LogP contribution in [-0.2, 0) is 27.8 Å². The first-order chi connectivity index (χ1) is 15.8. The number of hydrogen-bond acceptors (Lipinski definition) is 6. The number of benzene rings is 1. The fourth-order valence-corrected chi connectivity index (χ4v) is 4.46. The van der Waals surface area contributed by atoms with Gasteiger partial charge in [0.05, 0.1) is 44.6 Å². The standard InChI is InChI=1S/C23H33ClN4O5/c1-6-28(20-12-32-13-21(20)33-8-7-31-5)19-10-16(24)9-17(14(19)2)22(29)25-11-18-15(3)26-27(4)23(18)30/h9-10,20-21,26H,6-8,11-13H2,1-5H3,(H,25,29). The van der Waals surface area contributed by atoms with Crippen molar-refractivity contribution in [2.24, 2.45) is 7.05 Å². The molecule has 33 heavy (non-hydrogen) atoms. The Morgan fingerprint density at radius 3 is 2.73 bits per heavy atom. The number of halogens is 1. The normalized spacial score (nSPS) is 18.0. The molecule has 2 unspecified atom stereocenters. The number of rotatable bonds is 10. The number of carbonyl (C=O) groups excluding carboxylic acids is 1. The SMILES string of the molecule is CCN(c1cc(Cl)cc(C(=O)NCc2c(C)[nH]n(C)c2=O)c1C)C1COCC1OCCOC. The van der Waals surface area contributed by atoms with E-state index in [-0.39, 0.29) is 30.2 Å². The van der Waals surface area contributed by atoms with Gasteiger partial charge in [-0.3, -0.25) is 19.4 Å².